The largest absolute Gasteiger partial charge is 0.303 e. The molecule has 3 rings (SSSR count). The molecule has 2 nitrogen and oxygen atoms in total. The summed E-state index contributed by atoms with van der Waals surface area (Å²) in [5, 5.41) is 0. The molecular weight excluding hydrogens is 256 g/mol. The third-order valence-electron chi connectivity index (χ3n) is 3.88. The van der Waals surface area contributed by atoms with E-state index in [1.807, 2.05) is 0 Å². The predicted octanol–water partition coefficient (Wildman–Crippen LogP) is 4.76. The monoisotopic (exact) mass is 278 g/mol. The van der Waals surface area contributed by atoms with Crippen LogP contribution in [0.15, 0.2) is 48.7 Å². The van der Waals surface area contributed by atoms with Gasteiger partial charge in [-0.15, -0.1) is 0 Å². The van der Waals surface area contributed by atoms with Crippen LogP contribution in [0.25, 0.3) is 16.9 Å². The third-order valence-corrected chi connectivity index (χ3v) is 3.88. The molecular formula is C19H22N2. The summed E-state index contributed by atoms with van der Waals surface area (Å²) in [6.07, 6.45) is 4.20. The second kappa shape index (κ2) is 5.72. The van der Waals surface area contributed by atoms with Crippen molar-refractivity contribution in [2.75, 3.05) is 0 Å². The molecule has 0 atom stereocenters. The molecule has 21 heavy (non-hydrogen) atoms. The summed E-state index contributed by atoms with van der Waals surface area (Å²) >= 11 is 0. The number of hydrogen-bond donors (Lipinski definition) is 0. The number of fused-ring (bicyclic) bond motifs is 1. The van der Waals surface area contributed by atoms with E-state index in [2.05, 4.69) is 73.8 Å². The maximum atomic E-state index is 4.91. The maximum absolute atomic E-state index is 4.91. The maximum Gasteiger partial charge on any atom is 0.137 e. The highest BCUT2D eigenvalue weighted by Gasteiger charge is 2.16. The summed E-state index contributed by atoms with van der Waals surface area (Å²) in [6, 6.07) is 14.8. The van der Waals surface area contributed by atoms with Crippen LogP contribution in [0.1, 0.15) is 32.0 Å². The molecule has 0 aliphatic rings. The predicted molar refractivity (Wildman–Crippen MR) is 88.5 cm³/mol. The van der Waals surface area contributed by atoms with E-state index in [4.69, 9.17) is 4.98 Å². The Labute approximate surface area is 126 Å². The Bertz CT molecular complexity index is 753. The zero-order valence-electron chi connectivity index (χ0n) is 13.0. The zero-order chi connectivity index (χ0) is 14.8. The van der Waals surface area contributed by atoms with Gasteiger partial charge in [0.25, 0.3) is 0 Å². The van der Waals surface area contributed by atoms with Gasteiger partial charge < -0.3 is 4.40 Å². The van der Waals surface area contributed by atoms with E-state index < -0.39 is 0 Å². The highest BCUT2D eigenvalue weighted by molar-refractivity contribution is 5.69. The molecule has 2 aromatic heterocycles. The normalized spacial score (nSPS) is 11.4. The van der Waals surface area contributed by atoms with Crippen molar-refractivity contribution >= 4 is 5.65 Å². The number of aryl methyl sites for hydroxylation is 1. The van der Waals surface area contributed by atoms with Gasteiger partial charge in [-0.3, -0.25) is 0 Å². The van der Waals surface area contributed by atoms with Gasteiger partial charge in [0, 0.05) is 11.8 Å². The van der Waals surface area contributed by atoms with Crippen molar-refractivity contribution in [3.63, 3.8) is 0 Å². The van der Waals surface area contributed by atoms with Crippen molar-refractivity contribution in [2.45, 2.75) is 33.6 Å². The lowest BCUT2D eigenvalue weighted by Gasteiger charge is -2.10. The topological polar surface area (TPSA) is 17.3 Å². The highest BCUT2D eigenvalue weighted by atomic mass is 15.0. The van der Waals surface area contributed by atoms with Crippen molar-refractivity contribution in [1.82, 2.24) is 9.38 Å². The summed E-state index contributed by atoms with van der Waals surface area (Å²) in [5.74, 6) is 0.609. The smallest absolute Gasteiger partial charge is 0.137 e. The average molecular weight is 278 g/mol. The molecule has 3 aromatic rings. The van der Waals surface area contributed by atoms with Gasteiger partial charge in [0.1, 0.15) is 5.65 Å². The molecule has 0 aliphatic carbocycles. The minimum atomic E-state index is 0.609. The third kappa shape index (κ3) is 2.58. The molecule has 1 aromatic carbocycles. The molecule has 0 spiro atoms. The molecule has 0 bridgehead atoms. The summed E-state index contributed by atoms with van der Waals surface area (Å²) in [4.78, 5) is 4.91. The van der Waals surface area contributed by atoms with Crippen LogP contribution >= 0.6 is 0 Å². The van der Waals surface area contributed by atoms with Crippen LogP contribution in [-0.4, -0.2) is 9.38 Å². The number of pyridine rings is 1. The van der Waals surface area contributed by atoms with Gasteiger partial charge in [-0.05, 0) is 36.5 Å². The van der Waals surface area contributed by atoms with E-state index in [0.717, 1.165) is 24.2 Å². The minimum absolute atomic E-state index is 0.609. The second-order valence-electron chi connectivity index (χ2n) is 5.94. The number of benzene rings is 1. The summed E-state index contributed by atoms with van der Waals surface area (Å²) < 4.78 is 2.24. The lowest BCUT2D eigenvalue weighted by Crippen LogP contribution is -2.01. The van der Waals surface area contributed by atoms with E-state index in [0.29, 0.717) is 5.92 Å². The van der Waals surface area contributed by atoms with E-state index in [-0.39, 0.29) is 0 Å². The summed E-state index contributed by atoms with van der Waals surface area (Å²) in [6.45, 7) is 6.73. The minimum Gasteiger partial charge on any atom is -0.303 e. The molecule has 2 heteroatoms. The van der Waals surface area contributed by atoms with Crippen LogP contribution in [-0.2, 0) is 12.8 Å². The van der Waals surface area contributed by atoms with E-state index in [1.54, 1.807) is 0 Å². The Morgan fingerprint density at radius 3 is 2.57 bits per heavy atom. The van der Waals surface area contributed by atoms with Crippen LogP contribution < -0.4 is 0 Å². The number of aromatic nitrogens is 2. The van der Waals surface area contributed by atoms with Crippen LogP contribution in [0.4, 0.5) is 0 Å². The highest BCUT2D eigenvalue weighted by Crippen LogP contribution is 2.29. The average Bonchev–Trinajstić information content (AvgIpc) is 2.85. The van der Waals surface area contributed by atoms with E-state index in [9.17, 15) is 0 Å². The van der Waals surface area contributed by atoms with E-state index in [1.165, 1.54) is 16.8 Å². The van der Waals surface area contributed by atoms with Gasteiger partial charge in [-0.25, -0.2) is 4.98 Å². The van der Waals surface area contributed by atoms with Crippen LogP contribution in [0.5, 0.6) is 0 Å². The quantitative estimate of drug-likeness (QED) is 0.672. The Hall–Kier alpha value is -2.09. The first-order chi connectivity index (χ1) is 10.2. The molecule has 2 heterocycles. The molecule has 0 aliphatic heterocycles. The number of rotatable bonds is 4. The van der Waals surface area contributed by atoms with Crippen molar-refractivity contribution in [1.29, 1.82) is 0 Å². The Morgan fingerprint density at radius 1 is 1.05 bits per heavy atom. The fraction of sp³-hybridized carbons (Fsp3) is 0.316. The van der Waals surface area contributed by atoms with Gasteiger partial charge in [-0.2, -0.15) is 0 Å². The molecule has 0 amide bonds. The number of hydrogen-bond acceptors (Lipinski definition) is 1. The molecule has 108 valence electrons. The van der Waals surface area contributed by atoms with Crippen molar-refractivity contribution < 1.29 is 0 Å². The molecule has 0 N–H and O–H groups in total. The van der Waals surface area contributed by atoms with Crippen LogP contribution in [0.3, 0.4) is 0 Å². The van der Waals surface area contributed by atoms with E-state index >= 15 is 0 Å². The first-order valence-corrected chi connectivity index (χ1v) is 7.75. The molecule has 0 saturated carbocycles. The molecule has 0 radical (unpaired) electrons. The Morgan fingerprint density at radius 2 is 1.81 bits per heavy atom. The number of nitrogens with zero attached hydrogens (tertiary/aromatic N) is 2. The van der Waals surface area contributed by atoms with Crippen LogP contribution in [0, 0.1) is 5.92 Å². The van der Waals surface area contributed by atoms with Gasteiger partial charge in [-0.1, -0.05) is 51.1 Å². The van der Waals surface area contributed by atoms with Gasteiger partial charge in [0.05, 0.1) is 11.4 Å². The molecule has 0 saturated heterocycles. The first-order valence-electron chi connectivity index (χ1n) is 7.75. The lowest BCUT2D eigenvalue weighted by atomic mass is 9.98. The number of imidazole rings is 1. The summed E-state index contributed by atoms with van der Waals surface area (Å²) in [7, 11) is 0. The molecule has 0 unspecified atom stereocenters. The van der Waals surface area contributed by atoms with Gasteiger partial charge >= 0.3 is 0 Å². The summed E-state index contributed by atoms with van der Waals surface area (Å²) in [5.41, 5.74) is 6.15. The zero-order valence-corrected chi connectivity index (χ0v) is 13.0. The lowest BCUT2D eigenvalue weighted by molar-refractivity contribution is 0.633. The fourth-order valence-electron chi connectivity index (χ4n) is 2.90. The van der Waals surface area contributed by atoms with Crippen molar-refractivity contribution in [3.05, 3.63) is 59.9 Å². The van der Waals surface area contributed by atoms with Crippen molar-refractivity contribution in [3.8, 4) is 11.3 Å². The second-order valence-corrected chi connectivity index (χ2v) is 5.94. The Balaban J connectivity index is 2.26. The standard InChI is InChI=1S/C19H22N2/c1-4-15-9-5-6-10-16(15)19-17(13-14(2)3)21-12-8-7-11-18(21)20-19/h5-12,14H,4,13H2,1-3H3. The van der Waals surface area contributed by atoms with Crippen LogP contribution in [0.2, 0.25) is 0 Å². The Kier molecular flexibility index (Phi) is 3.78. The van der Waals surface area contributed by atoms with Crippen molar-refractivity contribution in [2.24, 2.45) is 5.92 Å². The van der Waals surface area contributed by atoms with Gasteiger partial charge in [0.2, 0.25) is 0 Å². The molecule has 0 fully saturated rings. The van der Waals surface area contributed by atoms with Gasteiger partial charge in [0.15, 0.2) is 0 Å². The first kappa shape index (κ1) is 13.9. The fourth-order valence-corrected chi connectivity index (χ4v) is 2.90. The SMILES string of the molecule is CCc1ccccc1-c1nc2ccccn2c1CC(C)C.